The molecule has 0 N–H and O–H groups in total. The predicted molar refractivity (Wildman–Crippen MR) is 47.3 cm³/mol. The van der Waals surface area contributed by atoms with Gasteiger partial charge in [0.2, 0.25) is 0 Å². The van der Waals surface area contributed by atoms with Crippen LogP contribution in [0.5, 0.6) is 0 Å². The van der Waals surface area contributed by atoms with Crippen molar-refractivity contribution >= 4 is 6.47 Å². The van der Waals surface area contributed by atoms with Gasteiger partial charge in [0, 0.05) is 13.0 Å². The summed E-state index contributed by atoms with van der Waals surface area (Å²) < 4.78 is 10.7. The zero-order chi connectivity index (χ0) is 9.31. The molecule has 1 saturated carbocycles. The molecule has 3 heteroatoms. The van der Waals surface area contributed by atoms with E-state index in [1.165, 1.54) is 6.42 Å². The van der Waals surface area contributed by atoms with Crippen LogP contribution >= 0.6 is 0 Å². The second kappa shape index (κ2) is 3.29. The summed E-state index contributed by atoms with van der Waals surface area (Å²) in [7, 11) is 0. The summed E-state index contributed by atoms with van der Waals surface area (Å²) in [6, 6.07) is 0. The number of carbonyl (C=O) groups excluding carboxylic acids is 1. The van der Waals surface area contributed by atoms with Crippen molar-refractivity contribution in [1.29, 1.82) is 0 Å². The first-order valence-corrected chi connectivity index (χ1v) is 4.98. The second-order valence-electron chi connectivity index (χ2n) is 4.28. The molecule has 0 spiro atoms. The van der Waals surface area contributed by atoms with Crippen molar-refractivity contribution in [3.8, 4) is 0 Å². The van der Waals surface area contributed by atoms with Gasteiger partial charge in [-0.05, 0) is 32.1 Å². The summed E-state index contributed by atoms with van der Waals surface area (Å²) >= 11 is 0. The summed E-state index contributed by atoms with van der Waals surface area (Å²) in [4.78, 5) is 10.2. The van der Waals surface area contributed by atoms with Gasteiger partial charge in [-0.2, -0.15) is 0 Å². The molecule has 13 heavy (non-hydrogen) atoms. The Morgan fingerprint density at radius 2 is 2.31 bits per heavy atom. The highest BCUT2D eigenvalue weighted by atomic mass is 16.5. The molecule has 3 atom stereocenters. The summed E-state index contributed by atoms with van der Waals surface area (Å²) in [6.45, 7) is 3.57. The van der Waals surface area contributed by atoms with Crippen molar-refractivity contribution in [2.75, 3.05) is 6.61 Å². The monoisotopic (exact) mass is 184 g/mol. The van der Waals surface area contributed by atoms with E-state index in [9.17, 15) is 4.79 Å². The van der Waals surface area contributed by atoms with Crippen LogP contribution in [0.15, 0.2) is 0 Å². The van der Waals surface area contributed by atoms with Crippen molar-refractivity contribution in [3.05, 3.63) is 0 Å². The summed E-state index contributed by atoms with van der Waals surface area (Å²) in [5.41, 5.74) is -0.0219. The normalized spacial score (nSPS) is 44.1. The molecule has 2 fully saturated rings. The lowest BCUT2D eigenvalue weighted by Gasteiger charge is -2.38. The summed E-state index contributed by atoms with van der Waals surface area (Å²) in [5, 5.41) is 0. The SMILES string of the molecule is C[C@@]12C[C@H](OC=O)CC[C@@H]1CCO2. The predicted octanol–water partition coefficient (Wildman–Crippen LogP) is 1.51. The maximum Gasteiger partial charge on any atom is 0.293 e. The van der Waals surface area contributed by atoms with E-state index in [0.29, 0.717) is 12.4 Å². The topological polar surface area (TPSA) is 35.5 Å². The van der Waals surface area contributed by atoms with Gasteiger partial charge in [0.05, 0.1) is 5.60 Å². The Labute approximate surface area is 78.4 Å². The van der Waals surface area contributed by atoms with Crippen LogP contribution in [0.4, 0.5) is 0 Å². The van der Waals surface area contributed by atoms with Crippen molar-refractivity contribution in [2.24, 2.45) is 5.92 Å². The van der Waals surface area contributed by atoms with E-state index in [1.807, 2.05) is 0 Å². The van der Waals surface area contributed by atoms with Crippen molar-refractivity contribution in [1.82, 2.24) is 0 Å². The Morgan fingerprint density at radius 3 is 3.08 bits per heavy atom. The number of ether oxygens (including phenoxy) is 2. The van der Waals surface area contributed by atoms with Gasteiger partial charge in [0.15, 0.2) is 0 Å². The molecule has 2 rings (SSSR count). The minimum Gasteiger partial charge on any atom is -0.464 e. The molecular formula is C10H16O3. The van der Waals surface area contributed by atoms with Gasteiger partial charge >= 0.3 is 0 Å². The summed E-state index contributed by atoms with van der Waals surface area (Å²) in [5.74, 6) is 0.680. The third-order valence-corrected chi connectivity index (χ3v) is 3.48. The minimum atomic E-state index is -0.0219. The molecule has 0 amide bonds. The molecule has 0 bridgehead atoms. The van der Waals surface area contributed by atoms with Crippen molar-refractivity contribution < 1.29 is 14.3 Å². The Bertz CT molecular complexity index is 204. The number of carbonyl (C=O) groups is 1. The van der Waals surface area contributed by atoms with Crippen molar-refractivity contribution in [3.63, 3.8) is 0 Å². The van der Waals surface area contributed by atoms with Crippen LogP contribution in [0.3, 0.4) is 0 Å². The fraction of sp³-hybridized carbons (Fsp3) is 0.900. The third-order valence-electron chi connectivity index (χ3n) is 3.48. The first-order valence-electron chi connectivity index (χ1n) is 4.98. The zero-order valence-corrected chi connectivity index (χ0v) is 7.99. The molecule has 1 saturated heterocycles. The van der Waals surface area contributed by atoms with E-state index in [2.05, 4.69) is 6.92 Å². The van der Waals surface area contributed by atoms with Gasteiger partial charge in [0.25, 0.3) is 6.47 Å². The van der Waals surface area contributed by atoms with Crippen LogP contribution in [0.1, 0.15) is 32.6 Å². The molecule has 0 aromatic carbocycles. The Hall–Kier alpha value is -0.570. The highest BCUT2D eigenvalue weighted by Gasteiger charge is 2.45. The average molecular weight is 184 g/mol. The Morgan fingerprint density at radius 1 is 1.46 bits per heavy atom. The van der Waals surface area contributed by atoms with E-state index >= 15 is 0 Å². The first-order chi connectivity index (χ1) is 6.24. The fourth-order valence-corrected chi connectivity index (χ4v) is 2.67. The third kappa shape index (κ3) is 1.57. The Balaban J connectivity index is 2.00. The number of hydrogen-bond donors (Lipinski definition) is 0. The number of hydrogen-bond acceptors (Lipinski definition) is 3. The van der Waals surface area contributed by atoms with Gasteiger partial charge in [-0.15, -0.1) is 0 Å². The maximum absolute atomic E-state index is 10.2. The molecule has 1 aliphatic heterocycles. The van der Waals surface area contributed by atoms with Gasteiger partial charge in [-0.25, -0.2) is 0 Å². The van der Waals surface area contributed by atoms with E-state index < -0.39 is 0 Å². The lowest BCUT2D eigenvalue weighted by atomic mass is 9.75. The molecule has 0 aromatic rings. The van der Waals surface area contributed by atoms with E-state index in [-0.39, 0.29) is 11.7 Å². The quantitative estimate of drug-likeness (QED) is 0.610. The molecule has 1 heterocycles. The first kappa shape index (κ1) is 9.00. The standard InChI is InChI=1S/C10H16O3/c1-10-6-9(12-7-11)3-2-8(10)4-5-13-10/h7-9H,2-6H2,1H3/t8-,9-,10-/m1/s1. The van der Waals surface area contributed by atoms with Crippen LogP contribution in [0, 0.1) is 5.92 Å². The molecule has 1 aliphatic carbocycles. The van der Waals surface area contributed by atoms with Gasteiger partial charge in [-0.1, -0.05) is 0 Å². The number of fused-ring (bicyclic) bond motifs is 1. The second-order valence-corrected chi connectivity index (χ2v) is 4.28. The average Bonchev–Trinajstić information content (AvgIpc) is 2.45. The maximum atomic E-state index is 10.2. The van der Waals surface area contributed by atoms with Gasteiger partial charge in [-0.3, -0.25) is 4.79 Å². The lowest BCUT2D eigenvalue weighted by Crippen LogP contribution is -2.41. The van der Waals surface area contributed by atoms with Crippen LogP contribution in [0.2, 0.25) is 0 Å². The lowest BCUT2D eigenvalue weighted by molar-refractivity contribution is -0.141. The molecule has 0 radical (unpaired) electrons. The van der Waals surface area contributed by atoms with Crippen LogP contribution < -0.4 is 0 Å². The summed E-state index contributed by atoms with van der Waals surface area (Å²) in [6.07, 6.45) is 4.26. The molecule has 0 unspecified atom stereocenters. The zero-order valence-electron chi connectivity index (χ0n) is 7.99. The van der Waals surface area contributed by atoms with Crippen LogP contribution in [0.25, 0.3) is 0 Å². The molecule has 2 aliphatic rings. The minimum absolute atomic E-state index is 0.0219. The molecule has 74 valence electrons. The van der Waals surface area contributed by atoms with Crippen LogP contribution in [-0.2, 0) is 14.3 Å². The van der Waals surface area contributed by atoms with Gasteiger partial charge in [0.1, 0.15) is 6.10 Å². The fourth-order valence-electron chi connectivity index (χ4n) is 2.67. The van der Waals surface area contributed by atoms with Crippen LogP contribution in [-0.4, -0.2) is 24.8 Å². The number of rotatable bonds is 2. The largest absolute Gasteiger partial charge is 0.464 e. The molecule has 3 nitrogen and oxygen atoms in total. The van der Waals surface area contributed by atoms with Gasteiger partial charge < -0.3 is 9.47 Å². The highest BCUT2D eigenvalue weighted by Crippen LogP contribution is 2.43. The van der Waals surface area contributed by atoms with E-state index in [1.54, 1.807) is 0 Å². The molecular weight excluding hydrogens is 168 g/mol. The van der Waals surface area contributed by atoms with E-state index in [0.717, 1.165) is 25.9 Å². The smallest absolute Gasteiger partial charge is 0.293 e. The molecule has 0 aromatic heterocycles. The van der Waals surface area contributed by atoms with Crippen molar-refractivity contribution in [2.45, 2.75) is 44.3 Å². The van der Waals surface area contributed by atoms with E-state index in [4.69, 9.17) is 9.47 Å². The highest BCUT2D eigenvalue weighted by molar-refractivity contribution is 5.37. The Kier molecular flexibility index (Phi) is 2.28.